The van der Waals surface area contributed by atoms with Crippen molar-refractivity contribution in [2.75, 3.05) is 0 Å². The Bertz CT molecular complexity index is 209. The van der Waals surface area contributed by atoms with Gasteiger partial charge in [0.15, 0.2) is 0 Å². The SMILES string of the molecule is CC(C)(O)C(C)(C)OC1=CCCC1. The van der Waals surface area contributed by atoms with Gasteiger partial charge in [0.05, 0.1) is 11.4 Å². The second-order valence-corrected chi connectivity index (χ2v) is 4.73. The molecule has 0 radical (unpaired) electrons. The lowest BCUT2D eigenvalue weighted by atomic mass is 9.89. The molecule has 1 N–H and O–H groups in total. The first-order valence-electron chi connectivity index (χ1n) is 4.93. The van der Waals surface area contributed by atoms with Crippen LogP contribution in [0.25, 0.3) is 0 Å². The summed E-state index contributed by atoms with van der Waals surface area (Å²) < 4.78 is 5.77. The lowest BCUT2D eigenvalue weighted by molar-refractivity contribution is -0.124. The Kier molecular flexibility index (Phi) is 2.71. The second-order valence-electron chi connectivity index (χ2n) is 4.73. The van der Waals surface area contributed by atoms with Crippen LogP contribution < -0.4 is 0 Å². The summed E-state index contributed by atoms with van der Waals surface area (Å²) >= 11 is 0. The fourth-order valence-corrected chi connectivity index (χ4v) is 1.19. The van der Waals surface area contributed by atoms with Crippen molar-refractivity contribution >= 4 is 0 Å². The summed E-state index contributed by atoms with van der Waals surface area (Å²) in [6.07, 6.45) is 5.42. The highest BCUT2D eigenvalue weighted by atomic mass is 16.5. The van der Waals surface area contributed by atoms with Gasteiger partial charge in [-0.15, -0.1) is 0 Å². The Labute approximate surface area is 80.6 Å². The molecule has 0 unspecified atom stereocenters. The summed E-state index contributed by atoms with van der Waals surface area (Å²) in [6.45, 7) is 7.41. The minimum Gasteiger partial charge on any atom is -0.490 e. The lowest BCUT2D eigenvalue weighted by Crippen LogP contribution is -2.46. The quantitative estimate of drug-likeness (QED) is 0.730. The highest BCUT2D eigenvalue weighted by Crippen LogP contribution is 2.31. The minimum absolute atomic E-state index is 0.511. The van der Waals surface area contributed by atoms with Crippen molar-refractivity contribution in [1.29, 1.82) is 0 Å². The molecule has 2 heteroatoms. The fraction of sp³-hybridized carbons (Fsp3) is 0.818. The second kappa shape index (κ2) is 3.33. The van der Waals surface area contributed by atoms with Gasteiger partial charge in [-0.05, 0) is 46.6 Å². The molecule has 1 aliphatic rings. The fourth-order valence-electron chi connectivity index (χ4n) is 1.19. The van der Waals surface area contributed by atoms with Crippen molar-refractivity contribution in [3.63, 3.8) is 0 Å². The van der Waals surface area contributed by atoms with E-state index in [9.17, 15) is 5.11 Å². The molecule has 0 spiro atoms. The molecule has 0 heterocycles. The largest absolute Gasteiger partial charge is 0.490 e. The molecule has 0 saturated carbocycles. The van der Waals surface area contributed by atoms with Crippen LogP contribution in [0.3, 0.4) is 0 Å². The summed E-state index contributed by atoms with van der Waals surface area (Å²) in [5, 5.41) is 9.85. The van der Waals surface area contributed by atoms with E-state index in [1.54, 1.807) is 13.8 Å². The van der Waals surface area contributed by atoms with E-state index in [0.29, 0.717) is 0 Å². The Morgan fingerprint density at radius 2 is 1.92 bits per heavy atom. The zero-order chi connectivity index (χ0) is 10.1. The first-order chi connectivity index (χ1) is 5.83. The first-order valence-corrected chi connectivity index (χ1v) is 4.93. The molecule has 13 heavy (non-hydrogen) atoms. The van der Waals surface area contributed by atoms with Crippen LogP contribution in [-0.2, 0) is 4.74 Å². The summed E-state index contributed by atoms with van der Waals surface area (Å²) in [5.41, 5.74) is -1.32. The van der Waals surface area contributed by atoms with Gasteiger partial charge in [0.25, 0.3) is 0 Å². The maximum atomic E-state index is 9.85. The van der Waals surface area contributed by atoms with E-state index in [1.807, 2.05) is 13.8 Å². The van der Waals surface area contributed by atoms with Crippen molar-refractivity contribution in [3.05, 3.63) is 11.8 Å². The topological polar surface area (TPSA) is 29.5 Å². The molecule has 0 aliphatic heterocycles. The van der Waals surface area contributed by atoms with Crippen LogP contribution in [0.1, 0.15) is 47.0 Å². The normalized spacial score (nSPS) is 18.7. The summed E-state index contributed by atoms with van der Waals surface area (Å²) in [4.78, 5) is 0. The van der Waals surface area contributed by atoms with E-state index in [-0.39, 0.29) is 0 Å². The van der Waals surface area contributed by atoms with Crippen molar-refractivity contribution < 1.29 is 9.84 Å². The van der Waals surface area contributed by atoms with E-state index in [0.717, 1.165) is 18.6 Å². The van der Waals surface area contributed by atoms with E-state index in [1.165, 1.54) is 6.42 Å². The highest BCUT2D eigenvalue weighted by molar-refractivity contribution is 5.03. The molecule has 2 nitrogen and oxygen atoms in total. The maximum Gasteiger partial charge on any atom is 0.131 e. The number of hydrogen-bond donors (Lipinski definition) is 1. The van der Waals surface area contributed by atoms with Gasteiger partial charge in [-0.2, -0.15) is 0 Å². The Morgan fingerprint density at radius 3 is 2.31 bits per heavy atom. The minimum atomic E-state index is -0.809. The van der Waals surface area contributed by atoms with Gasteiger partial charge in [0.1, 0.15) is 5.60 Å². The third-order valence-corrected chi connectivity index (χ3v) is 2.86. The van der Waals surface area contributed by atoms with Crippen LogP contribution >= 0.6 is 0 Å². The molecule has 0 fully saturated rings. The molecule has 76 valence electrons. The molecule has 0 aromatic carbocycles. The summed E-state index contributed by atoms with van der Waals surface area (Å²) in [6, 6.07) is 0. The molecule has 0 bridgehead atoms. The van der Waals surface area contributed by atoms with Crippen molar-refractivity contribution in [2.45, 2.75) is 58.2 Å². The Morgan fingerprint density at radius 1 is 1.31 bits per heavy atom. The van der Waals surface area contributed by atoms with Gasteiger partial charge in [0, 0.05) is 6.42 Å². The van der Waals surface area contributed by atoms with E-state index < -0.39 is 11.2 Å². The number of ether oxygens (including phenoxy) is 1. The smallest absolute Gasteiger partial charge is 0.131 e. The van der Waals surface area contributed by atoms with Crippen LogP contribution in [0.15, 0.2) is 11.8 Å². The van der Waals surface area contributed by atoms with Crippen molar-refractivity contribution in [1.82, 2.24) is 0 Å². The number of rotatable bonds is 3. The lowest BCUT2D eigenvalue weighted by Gasteiger charge is -2.37. The highest BCUT2D eigenvalue weighted by Gasteiger charge is 2.37. The Hall–Kier alpha value is -0.500. The molecule has 1 aliphatic carbocycles. The van der Waals surface area contributed by atoms with Crippen LogP contribution in [0.5, 0.6) is 0 Å². The number of allylic oxidation sites excluding steroid dienone is 2. The standard InChI is InChI=1S/C11H20O2/c1-10(2,12)11(3,4)13-9-7-5-6-8-9/h7,12H,5-6,8H2,1-4H3. The van der Waals surface area contributed by atoms with Crippen molar-refractivity contribution in [3.8, 4) is 0 Å². The molecule has 0 aromatic heterocycles. The van der Waals surface area contributed by atoms with Gasteiger partial charge >= 0.3 is 0 Å². The van der Waals surface area contributed by atoms with Crippen LogP contribution in [0.2, 0.25) is 0 Å². The predicted octanol–water partition coefficient (Wildman–Crippen LogP) is 2.62. The zero-order valence-electron chi connectivity index (χ0n) is 9.05. The monoisotopic (exact) mass is 184 g/mol. The first kappa shape index (κ1) is 10.6. The van der Waals surface area contributed by atoms with Crippen LogP contribution in [0, 0.1) is 0 Å². The summed E-state index contributed by atoms with van der Waals surface area (Å²) in [7, 11) is 0. The van der Waals surface area contributed by atoms with Gasteiger partial charge in [-0.3, -0.25) is 0 Å². The average molecular weight is 184 g/mol. The molecule has 0 aromatic rings. The number of aliphatic hydroxyl groups is 1. The average Bonchev–Trinajstić information content (AvgIpc) is 2.35. The third kappa shape index (κ3) is 2.47. The van der Waals surface area contributed by atoms with Gasteiger partial charge in [-0.25, -0.2) is 0 Å². The maximum absolute atomic E-state index is 9.85. The molecule has 0 atom stereocenters. The predicted molar refractivity (Wildman–Crippen MR) is 53.4 cm³/mol. The van der Waals surface area contributed by atoms with E-state index >= 15 is 0 Å². The van der Waals surface area contributed by atoms with Gasteiger partial charge in [-0.1, -0.05) is 0 Å². The van der Waals surface area contributed by atoms with Crippen molar-refractivity contribution in [2.24, 2.45) is 0 Å². The van der Waals surface area contributed by atoms with Gasteiger partial charge in [0.2, 0.25) is 0 Å². The molecule has 0 saturated heterocycles. The van der Waals surface area contributed by atoms with Crippen LogP contribution in [-0.4, -0.2) is 16.3 Å². The Balaban J connectivity index is 2.61. The third-order valence-electron chi connectivity index (χ3n) is 2.86. The summed E-state index contributed by atoms with van der Waals surface area (Å²) in [5.74, 6) is 1.03. The van der Waals surface area contributed by atoms with Gasteiger partial charge < -0.3 is 9.84 Å². The molecule has 1 rings (SSSR count). The van der Waals surface area contributed by atoms with Crippen LogP contribution in [0.4, 0.5) is 0 Å². The molecule has 0 amide bonds. The zero-order valence-corrected chi connectivity index (χ0v) is 9.05. The molecular weight excluding hydrogens is 164 g/mol. The van der Waals surface area contributed by atoms with E-state index in [4.69, 9.17) is 4.74 Å². The number of hydrogen-bond acceptors (Lipinski definition) is 2. The van der Waals surface area contributed by atoms with E-state index in [2.05, 4.69) is 6.08 Å². The molecular formula is C11H20O2.